The molecule has 12 nitrogen and oxygen atoms in total. The molecule has 0 saturated carbocycles. The standard InChI is InChI=1S/C22H25Cl2N3O3.C17H24N2O3.C5H2Cl3N/c23-18-13-25-14-19(24)21(18)27-11-8-17(9-12-27)20(28)7-4-10-26-22(29)30-15-16-5-2-1-3-6-16;20-16(15-8-11-18-12-9-15)7-4-10-19-17(21)22-13-14-5-2-1-3-6-14;6-3-1-9-2-4(7)5(3)8/h1-3,5-6,13-14,17H,4,7-12,15H2,(H,26,29);1-3,5-6,15,18H,4,7-13H2,(H,19,21);1-2H. The van der Waals surface area contributed by atoms with Crippen LogP contribution in [-0.2, 0) is 32.3 Å². The van der Waals surface area contributed by atoms with Gasteiger partial charge in [0.25, 0.3) is 0 Å². The maximum atomic E-state index is 12.5. The lowest BCUT2D eigenvalue weighted by molar-refractivity contribution is -0.124. The number of hydrogen-bond donors (Lipinski definition) is 3. The highest BCUT2D eigenvalue weighted by molar-refractivity contribution is 6.47. The Hall–Kier alpha value is -4.17. The number of nitrogens with one attached hydrogen (secondary N) is 3. The van der Waals surface area contributed by atoms with Crippen LogP contribution in [0.3, 0.4) is 0 Å². The highest BCUT2D eigenvalue weighted by atomic mass is 35.5. The summed E-state index contributed by atoms with van der Waals surface area (Å²) in [6, 6.07) is 19.0. The molecule has 0 aliphatic carbocycles. The molecule has 4 aromatic rings. The number of Topliss-reactive ketones (excluding diaryl/α,β-unsaturated/α-hetero) is 2. The van der Waals surface area contributed by atoms with Crippen LogP contribution in [-0.4, -0.2) is 73.0 Å². The Bertz CT molecular complexity index is 1930. The largest absolute Gasteiger partial charge is 0.445 e. The van der Waals surface area contributed by atoms with Crippen LogP contribution in [0.5, 0.6) is 0 Å². The lowest BCUT2D eigenvalue weighted by atomic mass is 9.90. The van der Waals surface area contributed by atoms with Gasteiger partial charge in [0, 0.05) is 75.6 Å². The average Bonchev–Trinajstić information content (AvgIpc) is 3.28. The first-order chi connectivity index (χ1) is 29.5. The third kappa shape index (κ3) is 18.4. The van der Waals surface area contributed by atoms with E-state index in [4.69, 9.17) is 67.5 Å². The molecule has 0 spiro atoms. The van der Waals surface area contributed by atoms with Gasteiger partial charge in [0.2, 0.25) is 0 Å². The maximum Gasteiger partial charge on any atom is 0.407 e. The van der Waals surface area contributed by atoms with Gasteiger partial charge in [0.05, 0.1) is 30.8 Å². The predicted molar refractivity (Wildman–Crippen MR) is 242 cm³/mol. The fourth-order valence-electron chi connectivity index (χ4n) is 6.53. The molecule has 61 heavy (non-hydrogen) atoms. The van der Waals surface area contributed by atoms with E-state index in [9.17, 15) is 19.2 Å². The van der Waals surface area contributed by atoms with Crippen molar-refractivity contribution in [3.8, 4) is 0 Å². The van der Waals surface area contributed by atoms with Crippen LogP contribution < -0.4 is 20.9 Å². The topological polar surface area (TPSA) is 152 Å². The van der Waals surface area contributed by atoms with E-state index in [1.165, 1.54) is 12.4 Å². The van der Waals surface area contributed by atoms with Gasteiger partial charge >= 0.3 is 12.2 Å². The number of alkyl carbamates (subject to hydrolysis) is 2. The minimum atomic E-state index is -0.467. The van der Waals surface area contributed by atoms with Crippen LogP contribution in [0.1, 0.15) is 62.5 Å². The van der Waals surface area contributed by atoms with Gasteiger partial charge in [-0.25, -0.2) is 9.59 Å². The van der Waals surface area contributed by atoms with Crippen molar-refractivity contribution in [3.05, 3.63) is 122 Å². The Morgan fingerprint density at radius 3 is 1.44 bits per heavy atom. The molecule has 2 saturated heterocycles. The zero-order valence-electron chi connectivity index (χ0n) is 33.7. The Morgan fingerprint density at radius 2 is 1.02 bits per heavy atom. The third-order valence-corrected chi connectivity index (χ3v) is 11.6. The van der Waals surface area contributed by atoms with Crippen LogP contribution in [0, 0.1) is 11.8 Å². The molecule has 17 heteroatoms. The number of carbonyl (C=O) groups is 4. The number of ether oxygens (including phenoxy) is 2. The molecule has 0 radical (unpaired) electrons. The molecule has 0 unspecified atom stereocenters. The van der Waals surface area contributed by atoms with Gasteiger partial charge in [-0.3, -0.25) is 19.6 Å². The van der Waals surface area contributed by atoms with Crippen molar-refractivity contribution in [2.24, 2.45) is 11.8 Å². The monoisotopic (exact) mass is 934 g/mol. The number of carbonyl (C=O) groups excluding carboxylic acids is 4. The first-order valence-electron chi connectivity index (χ1n) is 20.2. The lowest BCUT2D eigenvalue weighted by Gasteiger charge is -2.33. The molecule has 0 atom stereocenters. The number of benzene rings is 2. The molecular weight excluding hydrogens is 886 g/mol. The van der Waals surface area contributed by atoms with Crippen molar-refractivity contribution >= 4 is 87.4 Å². The fraction of sp³-hybridized carbons (Fsp3) is 0.409. The number of piperidine rings is 2. The normalized spacial score (nSPS) is 14.0. The van der Waals surface area contributed by atoms with E-state index in [0.717, 1.165) is 68.7 Å². The molecule has 3 N–H and O–H groups in total. The number of hydrogen-bond acceptors (Lipinski definition) is 10. The summed E-state index contributed by atoms with van der Waals surface area (Å²) in [5.41, 5.74) is 2.68. The van der Waals surface area contributed by atoms with Crippen molar-refractivity contribution in [1.29, 1.82) is 0 Å². The quantitative estimate of drug-likeness (QED) is 0.0983. The summed E-state index contributed by atoms with van der Waals surface area (Å²) in [7, 11) is 0. The molecule has 0 bridgehead atoms. The second kappa shape index (κ2) is 27.7. The van der Waals surface area contributed by atoms with Crippen LogP contribution in [0.25, 0.3) is 0 Å². The zero-order chi connectivity index (χ0) is 43.8. The van der Waals surface area contributed by atoms with Crippen molar-refractivity contribution in [2.75, 3.05) is 44.2 Å². The number of aromatic nitrogens is 2. The van der Waals surface area contributed by atoms with Crippen molar-refractivity contribution in [3.63, 3.8) is 0 Å². The minimum Gasteiger partial charge on any atom is -0.445 e. The Labute approximate surface area is 382 Å². The molecule has 2 amide bonds. The summed E-state index contributed by atoms with van der Waals surface area (Å²) < 4.78 is 10.3. The summed E-state index contributed by atoms with van der Waals surface area (Å²) >= 11 is 29.1. The van der Waals surface area contributed by atoms with E-state index in [-0.39, 0.29) is 30.8 Å². The molecular formula is C44H51Cl5N6O6. The number of anilines is 1. The van der Waals surface area contributed by atoms with Crippen molar-refractivity contribution in [2.45, 2.75) is 64.6 Å². The predicted octanol–water partition coefficient (Wildman–Crippen LogP) is 10.2. The van der Waals surface area contributed by atoms with E-state index in [1.807, 2.05) is 60.7 Å². The number of amides is 2. The van der Waals surface area contributed by atoms with E-state index in [2.05, 4.69) is 30.8 Å². The SMILES string of the molecule is Clc1cncc(Cl)c1Cl.O=C(NCCCC(=O)C1CCN(c2c(Cl)cncc2Cl)CC1)OCc1ccccc1.O=C(NCCCC(=O)C1CCNCC1)OCc1ccccc1. The van der Waals surface area contributed by atoms with Crippen LogP contribution >= 0.6 is 58.0 Å². The summed E-state index contributed by atoms with van der Waals surface area (Å²) in [6.07, 6.45) is 10.8. The zero-order valence-corrected chi connectivity index (χ0v) is 37.5. The first-order valence-corrected chi connectivity index (χ1v) is 22.0. The maximum absolute atomic E-state index is 12.5. The second-order valence-corrected chi connectivity index (χ2v) is 16.3. The molecule has 6 rings (SSSR count). The highest BCUT2D eigenvalue weighted by Gasteiger charge is 2.27. The van der Waals surface area contributed by atoms with Crippen LogP contribution in [0.15, 0.2) is 85.5 Å². The molecule has 2 aromatic carbocycles. The van der Waals surface area contributed by atoms with E-state index in [0.29, 0.717) is 69.7 Å². The summed E-state index contributed by atoms with van der Waals surface area (Å²) in [5.74, 6) is 0.791. The van der Waals surface area contributed by atoms with Crippen LogP contribution in [0.2, 0.25) is 25.1 Å². The summed E-state index contributed by atoms with van der Waals surface area (Å²) in [6.45, 7) is 4.70. The van der Waals surface area contributed by atoms with Gasteiger partial charge in [-0.15, -0.1) is 0 Å². The minimum absolute atomic E-state index is 0.0330. The van der Waals surface area contributed by atoms with E-state index < -0.39 is 12.2 Å². The molecule has 2 aliphatic rings. The van der Waals surface area contributed by atoms with E-state index >= 15 is 0 Å². The molecule has 2 aliphatic heterocycles. The number of pyridine rings is 2. The number of halogens is 5. The number of ketones is 2. The van der Waals surface area contributed by atoms with Crippen molar-refractivity contribution < 1.29 is 28.7 Å². The van der Waals surface area contributed by atoms with Gasteiger partial charge in [0.1, 0.15) is 24.8 Å². The molecule has 328 valence electrons. The van der Waals surface area contributed by atoms with Gasteiger partial charge in [-0.2, -0.15) is 0 Å². The fourth-order valence-corrected chi connectivity index (χ4v) is 7.60. The van der Waals surface area contributed by atoms with Gasteiger partial charge < -0.3 is 30.3 Å². The molecule has 2 fully saturated rings. The average molecular weight is 937 g/mol. The third-order valence-electron chi connectivity index (χ3n) is 9.85. The molecule has 2 aromatic heterocycles. The second-order valence-electron chi connectivity index (χ2n) is 14.3. The van der Waals surface area contributed by atoms with Gasteiger partial charge in [-0.1, -0.05) is 119 Å². The lowest BCUT2D eigenvalue weighted by Crippen LogP contribution is -2.37. The van der Waals surface area contributed by atoms with Gasteiger partial charge in [-0.05, 0) is 62.7 Å². The van der Waals surface area contributed by atoms with Crippen molar-refractivity contribution in [1.82, 2.24) is 25.9 Å². The Morgan fingerprint density at radius 1 is 0.607 bits per heavy atom. The molecule has 4 heterocycles. The first kappa shape index (κ1) is 49.5. The number of nitrogens with zero attached hydrogens (tertiary/aromatic N) is 3. The summed E-state index contributed by atoms with van der Waals surface area (Å²) in [5, 5.41) is 10.8. The summed E-state index contributed by atoms with van der Waals surface area (Å²) in [4.78, 5) is 57.6. The van der Waals surface area contributed by atoms with E-state index in [1.54, 1.807) is 12.4 Å². The number of rotatable bonds is 15. The highest BCUT2D eigenvalue weighted by Crippen LogP contribution is 2.35. The Kier molecular flexibility index (Phi) is 22.5. The smallest absolute Gasteiger partial charge is 0.407 e. The van der Waals surface area contributed by atoms with Crippen LogP contribution in [0.4, 0.5) is 15.3 Å². The van der Waals surface area contributed by atoms with Gasteiger partial charge in [0.15, 0.2) is 0 Å². The Balaban J connectivity index is 0.000000230.